The minimum atomic E-state index is -0.448. The lowest BCUT2D eigenvalue weighted by atomic mass is 10.1. The molecule has 1 aliphatic heterocycles. The van der Waals surface area contributed by atoms with Gasteiger partial charge in [-0.15, -0.1) is 0 Å². The van der Waals surface area contributed by atoms with Crippen LogP contribution >= 0.6 is 0 Å². The molecule has 1 amide bonds. The summed E-state index contributed by atoms with van der Waals surface area (Å²) in [7, 11) is 0. The number of benzene rings is 1. The minimum Gasteiger partial charge on any atom is -0.508 e. The van der Waals surface area contributed by atoms with Gasteiger partial charge in [0, 0.05) is 24.2 Å². The zero-order chi connectivity index (χ0) is 14.0. The third-order valence-electron chi connectivity index (χ3n) is 3.40. The first-order valence-electron chi connectivity index (χ1n) is 6.49. The van der Waals surface area contributed by atoms with Crippen molar-refractivity contribution in [2.24, 2.45) is 0 Å². The second kappa shape index (κ2) is 5.48. The fraction of sp³-hybridized carbons (Fsp3) is 0.500. The molecule has 1 aromatic carbocycles. The topological polar surface area (TPSA) is 81.0 Å². The summed E-state index contributed by atoms with van der Waals surface area (Å²) in [6.07, 6.45) is 1.89. The number of rotatable bonds is 3. The van der Waals surface area contributed by atoms with Crippen molar-refractivity contribution in [3.05, 3.63) is 23.8 Å². The number of aromatic hydroxyl groups is 2. The number of aliphatic hydroxyl groups excluding tert-OH is 1. The molecule has 3 N–H and O–H groups in total. The van der Waals surface area contributed by atoms with E-state index in [2.05, 4.69) is 0 Å². The molecule has 19 heavy (non-hydrogen) atoms. The third-order valence-corrected chi connectivity index (χ3v) is 3.40. The Bertz CT molecular complexity index is 452. The number of hydrogen-bond donors (Lipinski definition) is 3. The predicted molar refractivity (Wildman–Crippen MR) is 70.1 cm³/mol. The first-order valence-corrected chi connectivity index (χ1v) is 6.49. The van der Waals surface area contributed by atoms with E-state index >= 15 is 0 Å². The number of amides is 1. The van der Waals surface area contributed by atoms with Gasteiger partial charge in [0.2, 0.25) is 0 Å². The summed E-state index contributed by atoms with van der Waals surface area (Å²) >= 11 is 0. The van der Waals surface area contributed by atoms with E-state index in [0.717, 1.165) is 12.8 Å². The van der Waals surface area contributed by atoms with Crippen molar-refractivity contribution in [1.82, 2.24) is 4.90 Å². The molecule has 0 aromatic heterocycles. The van der Waals surface area contributed by atoms with E-state index in [4.69, 9.17) is 0 Å². The van der Waals surface area contributed by atoms with Crippen LogP contribution in [0.15, 0.2) is 18.2 Å². The molecule has 2 unspecified atom stereocenters. The molecule has 1 aliphatic rings. The lowest BCUT2D eigenvalue weighted by Crippen LogP contribution is -2.37. The predicted octanol–water partition coefficient (Wildman–Crippen LogP) is 1.47. The van der Waals surface area contributed by atoms with Crippen molar-refractivity contribution >= 4 is 5.91 Å². The number of phenolic OH excluding ortho intramolecular Hbond substituents is 2. The Labute approximate surface area is 112 Å². The van der Waals surface area contributed by atoms with Crippen molar-refractivity contribution in [3.63, 3.8) is 0 Å². The first kappa shape index (κ1) is 13.7. The molecule has 104 valence electrons. The van der Waals surface area contributed by atoms with Crippen LogP contribution in [0.1, 0.15) is 36.5 Å². The van der Waals surface area contributed by atoms with Crippen LogP contribution in [-0.4, -0.2) is 44.8 Å². The van der Waals surface area contributed by atoms with E-state index in [1.54, 1.807) is 11.8 Å². The maximum Gasteiger partial charge on any atom is 0.254 e. The van der Waals surface area contributed by atoms with Gasteiger partial charge in [-0.2, -0.15) is 0 Å². The Kier molecular flexibility index (Phi) is 3.95. The van der Waals surface area contributed by atoms with Crippen LogP contribution in [-0.2, 0) is 0 Å². The Morgan fingerprint density at radius 1 is 1.37 bits per heavy atom. The van der Waals surface area contributed by atoms with Gasteiger partial charge in [0.15, 0.2) is 0 Å². The van der Waals surface area contributed by atoms with Crippen LogP contribution in [0.4, 0.5) is 0 Å². The number of likely N-dealkylation sites (tertiary alicyclic amines) is 1. The molecule has 1 saturated heterocycles. The second-order valence-corrected chi connectivity index (χ2v) is 5.12. The average Bonchev–Trinajstić information content (AvgIpc) is 2.73. The highest BCUT2D eigenvalue weighted by Gasteiger charge is 2.30. The van der Waals surface area contributed by atoms with Gasteiger partial charge in [0.05, 0.1) is 6.10 Å². The Hall–Kier alpha value is -1.75. The van der Waals surface area contributed by atoms with Gasteiger partial charge >= 0.3 is 0 Å². The lowest BCUT2D eigenvalue weighted by molar-refractivity contribution is 0.0681. The summed E-state index contributed by atoms with van der Waals surface area (Å²) in [5, 5.41) is 28.3. The maximum absolute atomic E-state index is 12.4. The zero-order valence-corrected chi connectivity index (χ0v) is 10.9. The van der Waals surface area contributed by atoms with Crippen molar-refractivity contribution < 1.29 is 20.1 Å². The largest absolute Gasteiger partial charge is 0.508 e. The van der Waals surface area contributed by atoms with Crippen molar-refractivity contribution in [2.45, 2.75) is 38.3 Å². The summed E-state index contributed by atoms with van der Waals surface area (Å²) in [4.78, 5) is 14.1. The lowest BCUT2D eigenvalue weighted by Gasteiger charge is -2.25. The summed E-state index contributed by atoms with van der Waals surface area (Å²) in [5.74, 6) is -0.474. The van der Waals surface area contributed by atoms with Crippen molar-refractivity contribution in [1.29, 1.82) is 0 Å². The molecule has 0 aliphatic carbocycles. The van der Waals surface area contributed by atoms with Gasteiger partial charge in [-0.1, -0.05) is 0 Å². The van der Waals surface area contributed by atoms with Crippen LogP contribution in [0.25, 0.3) is 0 Å². The number of aliphatic hydroxyl groups is 1. The van der Waals surface area contributed by atoms with Crippen molar-refractivity contribution in [2.75, 3.05) is 6.54 Å². The fourth-order valence-electron chi connectivity index (χ4n) is 2.63. The van der Waals surface area contributed by atoms with Gasteiger partial charge in [0.25, 0.3) is 5.91 Å². The number of carbonyl (C=O) groups excluding carboxylic acids is 1. The number of carbonyl (C=O) groups is 1. The molecule has 0 saturated carbocycles. The molecular formula is C14H19NO4. The third kappa shape index (κ3) is 3.17. The van der Waals surface area contributed by atoms with Crippen LogP contribution in [0, 0.1) is 0 Å². The molecule has 5 nitrogen and oxygen atoms in total. The Morgan fingerprint density at radius 3 is 2.58 bits per heavy atom. The molecule has 0 bridgehead atoms. The summed E-state index contributed by atoms with van der Waals surface area (Å²) < 4.78 is 0. The molecule has 1 heterocycles. The first-order chi connectivity index (χ1) is 8.97. The van der Waals surface area contributed by atoms with Gasteiger partial charge in [-0.25, -0.2) is 0 Å². The van der Waals surface area contributed by atoms with Gasteiger partial charge in [0.1, 0.15) is 11.5 Å². The van der Waals surface area contributed by atoms with E-state index in [-0.39, 0.29) is 29.0 Å². The molecule has 0 spiro atoms. The SMILES string of the molecule is CC(O)CC1CCCN1C(=O)c1cc(O)cc(O)c1. The summed E-state index contributed by atoms with van der Waals surface area (Å²) in [6.45, 7) is 2.35. The molecule has 1 aromatic rings. The number of nitrogens with zero attached hydrogens (tertiary/aromatic N) is 1. The maximum atomic E-state index is 12.4. The van der Waals surface area contributed by atoms with Gasteiger partial charge < -0.3 is 20.2 Å². The van der Waals surface area contributed by atoms with E-state index in [1.165, 1.54) is 18.2 Å². The molecule has 2 atom stereocenters. The molecule has 5 heteroatoms. The van der Waals surface area contributed by atoms with E-state index in [0.29, 0.717) is 13.0 Å². The highest BCUT2D eigenvalue weighted by atomic mass is 16.3. The molecular weight excluding hydrogens is 246 g/mol. The van der Waals surface area contributed by atoms with E-state index in [1.807, 2.05) is 0 Å². The summed E-state index contributed by atoms with van der Waals surface area (Å²) in [5.41, 5.74) is 0.273. The number of phenols is 2. The standard InChI is InChI=1S/C14H19NO4/c1-9(16)5-11-3-2-4-15(11)14(19)10-6-12(17)8-13(18)7-10/h6-9,11,16-18H,2-5H2,1H3. The average molecular weight is 265 g/mol. The number of hydrogen-bond acceptors (Lipinski definition) is 4. The van der Waals surface area contributed by atoms with E-state index < -0.39 is 6.10 Å². The van der Waals surface area contributed by atoms with Crippen molar-refractivity contribution in [3.8, 4) is 11.5 Å². The van der Waals surface area contributed by atoms with E-state index in [9.17, 15) is 20.1 Å². The van der Waals surface area contributed by atoms with Crippen LogP contribution in [0.3, 0.4) is 0 Å². The fourth-order valence-corrected chi connectivity index (χ4v) is 2.63. The monoisotopic (exact) mass is 265 g/mol. The molecule has 0 radical (unpaired) electrons. The van der Waals surface area contributed by atoms with Crippen LogP contribution in [0.5, 0.6) is 11.5 Å². The smallest absolute Gasteiger partial charge is 0.254 e. The molecule has 2 rings (SSSR count). The minimum absolute atomic E-state index is 0.0250. The highest BCUT2D eigenvalue weighted by molar-refractivity contribution is 5.95. The van der Waals surface area contributed by atoms with Gasteiger partial charge in [-0.05, 0) is 38.3 Å². The highest BCUT2D eigenvalue weighted by Crippen LogP contribution is 2.26. The Balaban J connectivity index is 2.18. The van der Waals surface area contributed by atoms with Crippen LogP contribution in [0.2, 0.25) is 0 Å². The zero-order valence-electron chi connectivity index (χ0n) is 10.9. The van der Waals surface area contributed by atoms with Crippen LogP contribution < -0.4 is 0 Å². The Morgan fingerprint density at radius 2 is 2.00 bits per heavy atom. The second-order valence-electron chi connectivity index (χ2n) is 5.12. The quantitative estimate of drug-likeness (QED) is 0.773. The van der Waals surface area contributed by atoms with Gasteiger partial charge in [-0.3, -0.25) is 4.79 Å². The normalized spacial score (nSPS) is 20.5. The summed E-state index contributed by atoms with van der Waals surface area (Å²) in [6, 6.07) is 3.91. The molecule has 1 fully saturated rings.